The Bertz CT molecular complexity index is 566. The average molecular weight is 343 g/mol. The summed E-state index contributed by atoms with van der Waals surface area (Å²) in [5.74, 6) is 1.67. The summed E-state index contributed by atoms with van der Waals surface area (Å²) < 4.78 is 12.4. The fourth-order valence-electron chi connectivity index (χ4n) is 2.62. The standard InChI is InChI=1S/C13H15BrN2O2S/c1-13-6-10(15-12(19)16(13)2)8-4-7(17-3)5-9(14)11(8)18-13/h4-5,10H,6H2,1-3H3,(H,15,19). The maximum Gasteiger partial charge on any atom is 0.184 e. The Morgan fingerprint density at radius 3 is 3.00 bits per heavy atom. The number of nitrogens with zero attached hydrogens (tertiary/aromatic N) is 1. The number of thiocarbonyl (C=S) groups is 1. The van der Waals surface area contributed by atoms with Gasteiger partial charge in [-0.15, -0.1) is 0 Å². The van der Waals surface area contributed by atoms with E-state index < -0.39 is 5.72 Å². The minimum absolute atomic E-state index is 0.156. The van der Waals surface area contributed by atoms with E-state index in [1.54, 1.807) is 7.11 Å². The maximum atomic E-state index is 6.20. The molecule has 0 spiro atoms. The molecule has 1 saturated heterocycles. The summed E-state index contributed by atoms with van der Waals surface area (Å²) in [6.45, 7) is 2.06. The van der Waals surface area contributed by atoms with E-state index in [4.69, 9.17) is 21.7 Å². The number of rotatable bonds is 1. The van der Waals surface area contributed by atoms with Crippen molar-refractivity contribution in [3.63, 3.8) is 0 Å². The highest BCUT2D eigenvalue weighted by atomic mass is 79.9. The van der Waals surface area contributed by atoms with Crippen LogP contribution in [0.1, 0.15) is 24.9 Å². The molecule has 102 valence electrons. The molecule has 19 heavy (non-hydrogen) atoms. The predicted molar refractivity (Wildman–Crippen MR) is 80.6 cm³/mol. The highest BCUT2D eigenvalue weighted by Gasteiger charge is 2.46. The molecule has 2 aliphatic heterocycles. The van der Waals surface area contributed by atoms with Gasteiger partial charge in [-0.3, -0.25) is 0 Å². The van der Waals surface area contributed by atoms with Crippen LogP contribution in [0.3, 0.4) is 0 Å². The first-order chi connectivity index (χ1) is 8.94. The van der Waals surface area contributed by atoms with Crippen molar-refractivity contribution in [2.75, 3.05) is 14.2 Å². The van der Waals surface area contributed by atoms with Crippen LogP contribution < -0.4 is 14.8 Å². The Labute approximate surface area is 126 Å². The number of hydrogen-bond acceptors (Lipinski definition) is 3. The number of methoxy groups -OCH3 is 1. The first-order valence-electron chi connectivity index (χ1n) is 6.05. The Morgan fingerprint density at radius 1 is 1.58 bits per heavy atom. The van der Waals surface area contributed by atoms with Gasteiger partial charge in [-0.05, 0) is 47.2 Å². The highest BCUT2D eigenvalue weighted by Crippen LogP contribution is 2.48. The van der Waals surface area contributed by atoms with Crippen molar-refractivity contribution in [3.05, 3.63) is 22.2 Å². The van der Waals surface area contributed by atoms with Gasteiger partial charge in [0.15, 0.2) is 10.8 Å². The zero-order chi connectivity index (χ0) is 13.8. The number of nitrogens with one attached hydrogen (secondary N) is 1. The van der Waals surface area contributed by atoms with Crippen molar-refractivity contribution < 1.29 is 9.47 Å². The van der Waals surface area contributed by atoms with Crippen LogP contribution in [0.4, 0.5) is 0 Å². The molecule has 0 amide bonds. The van der Waals surface area contributed by atoms with E-state index in [2.05, 4.69) is 28.2 Å². The molecule has 3 rings (SSSR count). The van der Waals surface area contributed by atoms with E-state index in [0.29, 0.717) is 5.11 Å². The van der Waals surface area contributed by atoms with Gasteiger partial charge in [-0.1, -0.05) is 0 Å². The van der Waals surface area contributed by atoms with Gasteiger partial charge in [0.2, 0.25) is 0 Å². The van der Waals surface area contributed by atoms with Crippen molar-refractivity contribution in [1.29, 1.82) is 0 Å². The first kappa shape index (κ1) is 13.0. The first-order valence-corrected chi connectivity index (χ1v) is 7.25. The fraction of sp³-hybridized carbons (Fsp3) is 0.462. The molecular weight excluding hydrogens is 328 g/mol. The van der Waals surface area contributed by atoms with E-state index in [0.717, 1.165) is 28.0 Å². The molecule has 1 fully saturated rings. The lowest BCUT2D eigenvalue weighted by molar-refractivity contribution is -0.0568. The second-order valence-electron chi connectivity index (χ2n) is 5.07. The normalized spacial score (nSPS) is 28.3. The van der Waals surface area contributed by atoms with Gasteiger partial charge >= 0.3 is 0 Å². The lowest BCUT2D eigenvalue weighted by Crippen LogP contribution is -2.63. The number of halogens is 1. The average Bonchev–Trinajstić information content (AvgIpc) is 2.37. The Balaban J connectivity index is 2.14. The van der Waals surface area contributed by atoms with Crippen LogP contribution in [0.15, 0.2) is 16.6 Å². The summed E-state index contributed by atoms with van der Waals surface area (Å²) in [4.78, 5) is 1.97. The Hall–Kier alpha value is -1.01. The van der Waals surface area contributed by atoms with Crippen molar-refractivity contribution in [1.82, 2.24) is 10.2 Å². The van der Waals surface area contributed by atoms with E-state index in [-0.39, 0.29) is 6.04 Å². The summed E-state index contributed by atoms with van der Waals surface area (Å²) in [6.07, 6.45) is 0.843. The molecule has 2 heterocycles. The zero-order valence-electron chi connectivity index (χ0n) is 11.0. The molecular formula is C13H15BrN2O2S. The molecule has 2 atom stereocenters. The van der Waals surface area contributed by atoms with E-state index in [9.17, 15) is 0 Å². The largest absolute Gasteiger partial charge is 0.497 e. The van der Waals surface area contributed by atoms with Crippen LogP contribution in [0.2, 0.25) is 0 Å². The quantitative estimate of drug-likeness (QED) is 0.793. The molecule has 2 aliphatic rings. The van der Waals surface area contributed by atoms with E-state index >= 15 is 0 Å². The summed E-state index contributed by atoms with van der Waals surface area (Å²) in [5.41, 5.74) is 0.677. The topological polar surface area (TPSA) is 33.7 Å². The zero-order valence-corrected chi connectivity index (χ0v) is 13.4. The molecule has 6 heteroatoms. The summed E-state index contributed by atoms with van der Waals surface area (Å²) in [5, 5.41) is 4.07. The van der Waals surface area contributed by atoms with Gasteiger partial charge in [0.25, 0.3) is 0 Å². The Morgan fingerprint density at radius 2 is 2.32 bits per heavy atom. The number of fused-ring (bicyclic) bond motifs is 4. The molecule has 0 radical (unpaired) electrons. The predicted octanol–water partition coefficient (Wildman–Crippen LogP) is 2.82. The lowest BCUT2D eigenvalue weighted by atomic mass is 9.91. The molecule has 0 aliphatic carbocycles. The van der Waals surface area contributed by atoms with Crippen LogP contribution in [0.25, 0.3) is 0 Å². The van der Waals surface area contributed by atoms with Crippen LogP contribution in [0, 0.1) is 0 Å². The third kappa shape index (κ3) is 1.89. The highest BCUT2D eigenvalue weighted by molar-refractivity contribution is 9.10. The smallest absolute Gasteiger partial charge is 0.184 e. The van der Waals surface area contributed by atoms with Crippen LogP contribution >= 0.6 is 28.1 Å². The van der Waals surface area contributed by atoms with E-state index in [1.165, 1.54) is 0 Å². The van der Waals surface area contributed by atoms with Gasteiger partial charge in [-0.2, -0.15) is 0 Å². The van der Waals surface area contributed by atoms with E-state index in [1.807, 2.05) is 24.1 Å². The van der Waals surface area contributed by atoms with Crippen molar-refractivity contribution in [2.24, 2.45) is 0 Å². The third-order valence-corrected chi connectivity index (χ3v) is 4.85. The molecule has 1 N–H and O–H groups in total. The van der Waals surface area contributed by atoms with Gasteiger partial charge in [-0.25, -0.2) is 0 Å². The van der Waals surface area contributed by atoms with Gasteiger partial charge in [0.05, 0.1) is 17.6 Å². The molecule has 2 bridgehead atoms. The van der Waals surface area contributed by atoms with Gasteiger partial charge in [0.1, 0.15) is 11.5 Å². The van der Waals surface area contributed by atoms with Gasteiger partial charge in [0, 0.05) is 19.0 Å². The number of ether oxygens (including phenoxy) is 2. The summed E-state index contributed by atoms with van der Waals surface area (Å²) in [7, 11) is 3.61. The number of hydrogen-bond donors (Lipinski definition) is 1. The third-order valence-electron chi connectivity index (χ3n) is 3.87. The molecule has 0 saturated carbocycles. The monoisotopic (exact) mass is 342 g/mol. The fourth-order valence-corrected chi connectivity index (χ4v) is 3.49. The molecule has 0 aromatic heterocycles. The van der Waals surface area contributed by atoms with Crippen LogP contribution in [-0.4, -0.2) is 29.9 Å². The lowest BCUT2D eigenvalue weighted by Gasteiger charge is -2.51. The minimum Gasteiger partial charge on any atom is -0.497 e. The van der Waals surface area contributed by atoms with Crippen LogP contribution in [-0.2, 0) is 0 Å². The maximum absolute atomic E-state index is 6.20. The van der Waals surface area contributed by atoms with Gasteiger partial charge < -0.3 is 19.7 Å². The SMILES string of the molecule is COc1cc(Br)c2c(c1)C1CC(C)(O2)N(C)C(=S)N1. The van der Waals surface area contributed by atoms with Crippen LogP contribution in [0.5, 0.6) is 11.5 Å². The number of benzene rings is 1. The Kier molecular flexibility index (Phi) is 2.90. The molecule has 1 aromatic rings. The van der Waals surface area contributed by atoms with Crippen molar-refractivity contribution >= 4 is 33.3 Å². The summed E-state index contributed by atoms with van der Waals surface area (Å²) >= 11 is 8.93. The molecule has 4 nitrogen and oxygen atoms in total. The second kappa shape index (κ2) is 4.24. The molecule has 1 aromatic carbocycles. The minimum atomic E-state index is -0.406. The second-order valence-corrected chi connectivity index (χ2v) is 6.31. The molecule has 2 unspecified atom stereocenters. The van der Waals surface area contributed by atoms with Crippen molar-refractivity contribution in [2.45, 2.75) is 25.1 Å². The van der Waals surface area contributed by atoms with Crippen molar-refractivity contribution in [3.8, 4) is 11.5 Å². The summed E-state index contributed by atoms with van der Waals surface area (Å²) in [6, 6.07) is 4.08.